The first-order valence-electron chi connectivity index (χ1n) is 6.66. The molecule has 0 aliphatic heterocycles. The van der Waals surface area contributed by atoms with Gasteiger partial charge in [0.2, 0.25) is 0 Å². The molecule has 0 saturated carbocycles. The molecule has 1 aromatic rings. The highest BCUT2D eigenvalue weighted by Gasteiger charge is 2.29. The molecule has 1 aromatic heterocycles. The molecule has 3 rings (SSSR count). The molecule has 1 unspecified atom stereocenters. The van der Waals surface area contributed by atoms with E-state index in [1.54, 1.807) is 0 Å². The second-order valence-electron chi connectivity index (χ2n) is 5.08. The lowest BCUT2D eigenvalue weighted by Gasteiger charge is -2.23. The van der Waals surface area contributed by atoms with Crippen LogP contribution in [0.3, 0.4) is 0 Å². The van der Waals surface area contributed by atoms with Crippen LogP contribution >= 0.6 is 11.3 Å². The highest BCUT2D eigenvalue weighted by atomic mass is 32.1. The first-order valence-corrected chi connectivity index (χ1v) is 7.54. The number of Topliss-reactive ketones (excluding diaryl/α,β-unsaturated/α-hetero) is 1. The summed E-state index contributed by atoms with van der Waals surface area (Å²) in [5.41, 5.74) is 2.44. The van der Waals surface area contributed by atoms with Crippen LogP contribution in [0.15, 0.2) is 23.1 Å². The molecule has 0 spiro atoms. The Morgan fingerprint density at radius 2 is 2.18 bits per heavy atom. The van der Waals surface area contributed by atoms with Crippen molar-refractivity contribution in [2.45, 2.75) is 50.9 Å². The lowest BCUT2D eigenvalue weighted by molar-refractivity contribution is -0.117. The Hall–Kier alpha value is -0.890. The van der Waals surface area contributed by atoms with Crippen LogP contribution in [-0.2, 0) is 11.2 Å². The van der Waals surface area contributed by atoms with Gasteiger partial charge in [-0.3, -0.25) is 4.79 Å². The van der Waals surface area contributed by atoms with Crippen molar-refractivity contribution < 1.29 is 4.79 Å². The number of carbonyl (C=O) groups is 1. The maximum Gasteiger partial charge on any atom is 0.166 e. The topological polar surface area (TPSA) is 17.1 Å². The molecule has 0 aromatic carbocycles. The minimum absolute atomic E-state index is 0.175. The molecule has 2 aliphatic carbocycles. The molecule has 0 N–H and O–H groups in total. The monoisotopic (exact) mass is 246 g/mol. The minimum Gasteiger partial charge on any atom is -0.294 e. The highest BCUT2D eigenvalue weighted by molar-refractivity contribution is 7.10. The van der Waals surface area contributed by atoms with Gasteiger partial charge in [-0.05, 0) is 67.5 Å². The van der Waals surface area contributed by atoms with Gasteiger partial charge in [0.25, 0.3) is 0 Å². The Morgan fingerprint density at radius 3 is 3.00 bits per heavy atom. The van der Waals surface area contributed by atoms with Crippen LogP contribution in [0, 0.1) is 0 Å². The molecule has 0 bridgehead atoms. The Labute approximate surface area is 107 Å². The van der Waals surface area contributed by atoms with Gasteiger partial charge in [-0.2, -0.15) is 0 Å². The Morgan fingerprint density at radius 1 is 1.24 bits per heavy atom. The molecule has 1 atom stereocenters. The van der Waals surface area contributed by atoms with Gasteiger partial charge in [0, 0.05) is 10.8 Å². The van der Waals surface area contributed by atoms with Gasteiger partial charge in [0.15, 0.2) is 5.78 Å². The number of aryl methyl sites for hydroxylation is 1. The average Bonchev–Trinajstić information content (AvgIpc) is 2.87. The molecular weight excluding hydrogens is 228 g/mol. The predicted molar refractivity (Wildman–Crippen MR) is 71.6 cm³/mol. The first-order chi connectivity index (χ1) is 8.36. The Bertz CT molecular complexity index is 455. The maximum atomic E-state index is 12.6. The summed E-state index contributed by atoms with van der Waals surface area (Å²) in [7, 11) is 0. The zero-order chi connectivity index (χ0) is 11.7. The lowest BCUT2D eigenvalue weighted by Crippen LogP contribution is -2.19. The molecule has 0 fully saturated rings. The zero-order valence-corrected chi connectivity index (χ0v) is 10.9. The van der Waals surface area contributed by atoms with Crippen LogP contribution in [0.1, 0.15) is 54.9 Å². The normalized spacial score (nSPS) is 24.0. The van der Waals surface area contributed by atoms with E-state index in [1.165, 1.54) is 36.1 Å². The third kappa shape index (κ3) is 2.11. The van der Waals surface area contributed by atoms with Gasteiger partial charge >= 0.3 is 0 Å². The van der Waals surface area contributed by atoms with Crippen LogP contribution in [-0.4, -0.2) is 5.78 Å². The molecule has 1 nitrogen and oxygen atoms in total. The summed E-state index contributed by atoms with van der Waals surface area (Å²) in [4.78, 5) is 14.0. The Balaban J connectivity index is 1.86. The van der Waals surface area contributed by atoms with E-state index in [0.717, 1.165) is 24.8 Å². The van der Waals surface area contributed by atoms with E-state index >= 15 is 0 Å². The quantitative estimate of drug-likeness (QED) is 0.763. The summed E-state index contributed by atoms with van der Waals surface area (Å²) in [6.45, 7) is 0. The van der Waals surface area contributed by atoms with E-state index in [4.69, 9.17) is 0 Å². The summed E-state index contributed by atoms with van der Waals surface area (Å²) in [5.74, 6) is 0.596. The maximum absolute atomic E-state index is 12.6. The van der Waals surface area contributed by atoms with E-state index in [1.807, 2.05) is 11.3 Å². The number of hydrogen-bond acceptors (Lipinski definition) is 2. The van der Waals surface area contributed by atoms with Crippen LogP contribution in [0.4, 0.5) is 0 Å². The molecule has 17 heavy (non-hydrogen) atoms. The molecule has 2 aliphatic rings. The summed E-state index contributed by atoms with van der Waals surface area (Å²) in [6, 6.07) is 2.17. The number of hydrogen-bond donors (Lipinski definition) is 0. The molecule has 0 radical (unpaired) electrons. The molecule has 1 heterocycles. The summed E-state index contributed by atoms with van der Waals surface area (Å²) < 4.78 is 0. The van der Waals surface area contributed by atoms with Gasteiger partial charge in [-0.25, -0.2) is 0 Å². The number of thiophene rings is 1. The first kappa shape index (κ1) is 11.2. The van der Waals surface area contributed by atoms with Crippen molar-refractivity contribution in [1.82, 2.24) is 0 Å². The summed E-state index contributed by atoms with van der Waals surface area (Å²) >= 11 is 1.82. The fourth-order valence-corrected chi connectivity index (χ4v) is 4.03. The number of carbonyl (C=O) groups excluding carboxylic acids is 1. The van der Waals surface area contributed by atoms with Gasteiger partial charge in [0.1, 0.15) is 0 Å². The number of ketones is 1. The number of allylic oxidation sites excluding steroid dienone is 2. The number of rotatable bonds is 2. The van der Waals surface area contributed by atoms with Gasteiger partial charge < -0.3 is 0 Å². The van der Waals surface area contributed by atoms with Crippen molar-refractivity contribution in [2.24, 2.45) is 0 Å². The minimum atomic E-state index is 0.175. The number of fused-ring (bicyclic) bond motifs is 1. The summed E-state index contributed by atoms with van der Waals surface area (Å²) in [6.07, 6.45) is 10.2. The molecule has 90 valence electrons. The van der Waals surface area contributed by atoms with Gasteiger partial charge in [-0.1, -0.05) is 6.08 Å². The van der Waals surface area contributed by atoms with Gasteiger partial charge in [0.05, 0.1) is 0 Å². The standard InChI is InChI=1S/C15H18OS/c16-15(11-5-2-1-3-6-11)13-7-4-8-14-12(13)9-10-17-14/h5,9-10,13H,1-4,6-8H2. The van der Waals surface area contributed by atoms with E-state index in [0.29, 0.717) is 5.78 Å². The third-order valence-electron chi connectivity index (χ3n) is 3.98. The van der Waals surface area contributed by atoms with Crippen molar-refractivity contribution >= 4 is 17.1 Å². The SMILES string of the molecule is O=C(C1=CCCCC1)C1CCCc2sccc21. The molecule has 0 amide bonds. The highest BCUT2D eigenvalue weighted by Crippen LogP contribution is 2.37. The zero-order valence-electron chi connectivity index (χ0n) is 10.1. The molecule has 0 saturated heterocycles. The van der Waals surface area contributed by atoms with Crippen LogP contribution in [0.5, 0.6) is 0 Å². The predicted octanol–water partition coefficient (Wildman–Crippen LogP) is 4.24. The van der Waals surface area contributed by atoms with Crippen LogP contribution in [0.25, 0.3) is 0 Å². The fraction of sp³-hybridized carbons (Fsp3) is 0.533. The molecule has 2 heteroatoms. The lowest BCUT2D eigenvalue weighted by atomic mass is 9.80. The van der Waals surface area contributed by atoms with E-state index in [9.17, 15) is 4.79 Å². The molecular formula is C15H18OS. The van der Waals surface area contributed by atoms with Crippen molar-refractivity contribution in [2.75, 3.05) is 0 Å². The summed E-state index contributed by atoms with van der Waals surface area (Å²) in [5, 5.41) is 2.14. The second kappa shape index (κ2) is 4.77. The third-order valence-corrected chi connectivity index (χ3v) is 4.97. The Kier molecular flexibility index (Phi) is 3.15. The van der Waals surface area contributed by atoms with E-state index in [2.05, 4.69) is 17.5 Å². The van der Waals surface area contributed by atoms with Crippen molar-refractivity contribution in [3.05, 3.63) is 33.5 Å². The fourth-order valence-electron chi connectivity index (χ4n) is 3.04. The average molecular weight is 246 g/mol. The largest absolute Gasteiger partial charge is 0.294 e. The van der Waals surface area contributed by atoms with Crippen molar-refractivity contribution in [3.8, 4) is 0 Å². The van der Waals surface area contributed by atoms with Crippen LogP contribution in [0.2, 0.25) is 0 Å². The van der Waals surface area contributed by atoms with E-state index in [-0.39, 0.29) is 5.92 Å². The van der Waals surface area contributed by atoms with Crippen molar-refractivity contribution in [1.29, 1.82) is 0 Å². The van der Waals surface area contributed by atoms with E-state index < -0.39 is 0 Å². The van der Waals surface area contributed by atoms with Gasteiger partial charge in [-0.15, -0.1) is 11.3 Å². The van der Waals surface area contributed by atoms with Crippen LogP contribution < -0.4 is 0 Å². The van der Waals surface area contributed by atoms with Crippen molar-refractivity contribution in [3.63, 3.8) is 0 Å². The smallest absolute Gasteiger partial charge is 0.166 e. The second-order valence-corrected chi connectivity index (χ2v) is 6.08.